The minimum Gasteiger partial charge on any atom is -0.475 e. The van der Waals surface area contributed by atoms with Crippen molar-refractivity contribution in [3.8, 4) is 0 Å². The lowest BCUT2D eigenvalue weighted by Gasteiger charge is -2.32. The minimum atomic E-state index is -5.08. The van der Waals surface area contributed by atoms with E-state index >= 15 is 0 Å². The van der Waals surface area contributed by atoms with E-state index in [1.165, 1.54) is 16.8 Å². The molecule has 0 spiro atoms. The number of carboxylic acids is 2. The predicted molar refractivity (Wildman–Crippen MR) is 126 cm³/mol. The Morgan fingerprint density at radius 2 is 1.50 bits per heavy atom. The molecule has 0 saturated heterocycles. The first-order chi connectivity index (χ1) is 18.7. The van der Waals surface area contributed by atoms with E-state index in [2.05, 4.69) is 44.5 Å². The van der Waals surface area contributed by atoms with Gasteiger partial charge in [-0.05, 0) is 23.3 Å². The molecule has 1 atom stereocenters. The number of aromatic nitrogens is 4. The van der Waals surface area contributed by atoms with Gasteiger partial charge in [0.1, 0.15) is 5.69 Å². The van der Waals surface area contributed by atoms with Crippen LogP contribution in [-0.4, -0.2) is 72.5 Å². The van der Waals surface area contributed by atoms with Gasteiger partial charge in [0.05, 0.1) is 18.9 Å². The van der Waals surface area contributed by atoms with Crippen LogP contribution in [0.2, 0.25) is 0 Å². The maximum atomic E-state index is 10.6. The third kappa shape index (κ3) is 10.6. The topological polar surface area (TPSA) is 131 Å². The number of hydrogen-bond acceptors (Lipinski definition) is 7. The molecule has 3 heterocycles. The van der Waals surface area contributed by atoms with E-state index in [4.69, 9.17) is 24.5 Å². The molecule has 0 amide bonds. The van der Waals surface area contributed by atoms with Crippen molar-refractivity contribution in [1.82, 2.24) is 24.9 Å². The van der Waals surface area contributed by atoms with Crippen LogP contribution in [-0.2, 0) is 41.1 Å². The maximum absolute atomic E-state index is 10.6. The molecule has 0 fully saturated rings. The summed E-state index contributed by atoms with van der Waals surface area (Å²) in [6.45, 7) is 3.93. The van der Waals surface area contributed by atoms with Gasteiger partial charge in [-0.1, -0.05) is 35.5 Å². The van der Waals surface area contributed by atoms with E-state index in [0.29, 0.717) is 13.2 Å². The lowest BCUT2D eigenvalue weighted by Crippen LogP contribution is -2.36. The van der Waals surface area contributed by atoms with Gasteiger partial charge in [-0.2, -0.15) is 26.3 Å². The highest BCUT2D eigenvalue weighted by Gasteiger charge is 2.39. The second-order valence-corrected chi connectivity index (χ2v) is 8.37. The Morgan fingerprint density at radius 1 is 0.950 bits per heavy atom. The molecule has 10 nitrogen and oxygen atoms in total. The van der Waals surface area contributed by atoms with Crippen LogP contribution in [0.3, 0.4) is 0 Å². The fraction of sp³-hybridized carbons (Fsp3) is 0.375. The molecule has 1 aromatic carbocycles. The van der Waals surface area contributed by atoms with Crippen LogP contribution in [0, 0.1) is 0 Å². The van der Waals surface area contributed by atoms with Gasteiger partial charge in [0, 0.05) is 45.0 Å². The third-order valence-electron chi connectivity index (χ3n) is 5.25. The molecular weight excluding hydrogens is 552 g/mol. The van der Waals surface area contributed by atoms with Gasteiger partial charge >= 0.3 is 24.3 Å². The van der Waals surface area contributed by atoms with E-state index < -0.39 is 24.3 Å². The molecule has 1 aliphatic rings. The first kappa shape index (κ1) is 32.2. The third-order valence-corrected chi connectivity index (χ3v) is 5.25. The standard InChI is InChI=1S/C20H23N5O.2C2HF3O2/c1-24-20-18(15-26-14-17-5-3-2-4-6-17)12-25(13-19(20)22-23-24)11-16-7-9-21-10-8-16;2*3-2(4,5)1(6)7/h2-10,18H,11-15H2,1H3;2*(H,6,7). The zero-order valence-electron chi connectivity index (χ0n) is 20.9. The van der Waals surface area contributed by atoms with Crippen LogP contribution in [0.4, 0.5) is 26.3 Å². The highest BCUT2D eigenvalue weighted by atomic mass is 19.4. The van der Waals surface area contributed by atoms with Crippen molar-refractivity contribution in [2.75, 3.05) is 13.2 Å². The summed E-state index contributed by atoms with van der Waals surface area (Å²) in [5, 5.41) is 22.8. The lowest BCUT2D eigenvalue weighted by molar-refractivity contribution is -0.193. The number of pyridine rings is 1. The van der Waals surface area contributed by atoms with E-state index in [1.54, 1.807) is 0 Å². The Balaban J connectivity index is 0.000000333. The van der Waals surface area contributed by atoms with Crippen molar-refractivity contribution in [2.45, 2.75) is 38.0 Å². The van der Waals surface area contributed by atoms with Crippen molar-refractivity contribution in [3.05, 3.63) is 77.4 Å². The SMILES string of the molecule is Cn1nnc2c1C(COCc1ccccc1)CN(Cc1ccncc1)C2.O=C(O)C(F)(F)F.O=C(O)C(F)(F)F. The number of aryl methyl sites for hydroxylation is 1. The molecule has 3 aromatic rings. The quantitative estimate of drug-likeness (QED) is 0.420. The van der Waals surface area contributed by atoms with Gasteiger partial charge in [-0.25, -0.2) is 9.59 Å². The van der Waals surface area contributed by atoms with Gasteiger partial charge in [0.15, 0.2) is 0 Å². The summed E-state index contributed by atoms with van der Waals surface area (Å²) in [4.78, 5) is 24.3. The maximum Gasteiger partial charge on any atom is 0.490 e. The van der Waals surface area contributed by atoms with Crippen molar-refractivity contribution in [3.63, 3.8) is 0 Å². The molecule has 218 valence electrons. The number of fused-ring (bicyclic) bond motifs is 1. The smallest absolute Gasteiger partial charge is 0.475 e. The van der Waals surface area contributed by atoms with Crippen molar-refractivity contribution < 1.29 is 50.9 Å². The molecule has 0 bridgehead atoms. The lowest BCUT2D eigenvalue weighted by atomic mass is 9.98. The van der Waals surface area contributed by atoms with Gasteiger partial charge < -0.3 is 14.9 Å². The van der Waals surface area contributed by atoms with E-state index in [-0.39, 0.29) is 5.92 Å². The second-order valence-electron chi connectivity index (χ2n) is 8.37. The molecule has 4 rings (SSSR count). The van der Waals surface area contributed by atoms with Crippen LogP contribution in [0.25, 0.3) is 0 Å². The summed E-state index contributed by atoms with van der Waals surface area (Å²) >= 11 is 0. The van der Waals surface area contributed by atoms with Gasteiger partial charge in [-0.3, -0.25) is 14.6 Å². The molecule has 2 N–H and O–H groups in total. The number of rotatable bonds is 6. The molecule has 0 aliphatic carbocycles. The summed E-state index contributed by atoms with van der Waals surface area (Å²) in [5.41, 5.74) is 4.71. The van der Waals surface area contributed by atoms with Gasteiger partial charge in [-0.15, -0.1) is 5.10 Å². The molecule has 1 unspecified atom stereocenters. The summed E-state index contributed by atoms with van der Waals surface area (Å²) in [6, 6.07) is 14.4. The average Bonchev–Trinajstić information content (AvgIpc) is 3.25. The van der Waals surface area contributed by atoms with Crippen LogP contribution < -0.4 is 0 Å². The van der Waals surface area contributed by atoms with Crippen molar-refractivity contribution in [2.24, 2.45) is 7.05 Å². The molecule has 40 heavy (non-hydrogen) atoms. The Labute approximate surface area is 223 Å². The minimum absolute atomic E-state index is 0.268. The highest BCUT2D eigenvalue weighted by molar-refractivity contribution is 5.73. The summed E-state index contributed by atoms with van der Waals surface area (Å²) < 4.78 is 71.4. The van der Waals surface area contributed by atoms with Crippen LogP contribution >= 0.6 is 0 Å². The monoisotopic (exact) mass is 577 g/mol. The fourth-order valence-corrected chi connectivity index (χ4v) is 3.59. The zero-order valence-corrected chi connectivity index (χ0v) is 20.9. The van der Waals surface area contributed by atoms with Crippen molar-refractivity contribution in [1.29, 1.82) is 0 Å². The molecular formula is C24H25F6N5O5. The fourth-order valence-electron chi connectivity index (χ4n) is 3.59. The molecule has 2 aromatic heterocycles. The van der Waals surface area contributed by atoms with Gasteiger partial charge in [0.25, 0.3) is 0 Å². The Morgan fingerprint density at radius 3 is 2.02 bits per heavy atom. The normalized spacial score (nSPS) is 15.1. The molecule has 16 heteroatoms. The van der Waals surface area contributed by atoms with E-state index in [0.717, 1.165) is 25.3 Å². The number of hydrogen-bond donors (Lipinski definition) is 2. The van der Waals surface area contributed by atoms with Crippen LogP contribution in [0.15, 0.2) is 54.9 Å². The first-order valence-electron chi connectivity index (χ1n) is 11.4. The number of aliphatic carboxylic acids is 2. The Bertz CT molecular complexity index is 1200. The highest BCUT2D eigenvalue weighted by Crippen LogP contribution is 2.28. The second kappa shape index (κ2) is 14.4. The number of nitrogens with zero attached hydrogens (tertiary/aromatic N) is 5. The van der Waals surface area contributed by atoms with E-state index in [1.807, 2.05) is 42.3 Å². The number of ether oxygens (including phenoxy) is 1. The summed E-state index contributed by atoms with van der Waals surface area (Å²) in [5.74, 6) is -5.25. The molecule has 0 saturated carbocycles. The Hall–Kier alpha value is -4.05. The summed E-state index contributed by atoms with van der Waals surface area (Å²) in [6.07, 6.45) is -6.49. The largest absolute Gasteiger partial charge is 0.490 e. The predicted octanol–water partition coefficient (Wildman–Crippen LogP) is 3.79. The number of alkyl halides is 6. The van der Waals surface area contributed by atoms with Crippen molar-refractivity contribution >= 4 is 11.9 Å². The average molecular weight is 577 g/mol. The zero-order chi connectivity index (χ0) is 29.9. The Kier molecular flexibility index (Phi) is 11.6. The summed E-state index contributed by atoms with van der Waals surface area (Å²) in [7, 11) is 1.97. The number of halogens is 6. The number of carbonyl (C=O) groups is 2. The first-order valence-corrected chi connectivity index (χ1v) is 11.4. The van der Waals surface area contributed by atoms with Crippen LogP contribution in [0.1, 0.15) is 28.4 Å². The number of carboxylic acid groups (broad SMARTS) is 2. The molecule has 0 radical (unpaired) electrons. The number of benzene rings is 1. The van der Waals surface area contributed by atoms with E-state index in [9.17, 15) is 26.3 Å². The van der Waals surface area contributed by atoms with Gasteiger partial charge in [0.2, 0.25) is 0 Å². The van der Waals surface area contributed by atoms with Crippen LogP contribution in [0.5, 0.6) is 0 Å². The molecule has 1 aliphatic heterocycles.